The van der Waals surface area contributed by atoms with Crippen molar-refractivity contribution < 1.29 is 9.84 Å². The van der Waals surface area contributed by atoms with Crippen molar-refractivity contribution in [1.29, 1.82) is 0 Å². The molecule has 1 N–H and O–H groups in total. The Hall–Kier alpha value is -1.80. The highest BCUT2D eigenvalue weighted by atomic mass is 16.5. The molecule has 0 radical (unpaired) electrons. The fraction of sp³-hybridized carbons (Fsp3) is 0.294. The number of benzene rings is 2. The van der Waals surface area contributed by atoms with Crippen LogP contribution in [-0.2, 0) is 12.8 Å². The largest absolute Gasteiger partial charge is 0.493 e. The van der Waals surface area contributed by atoms with Gasteiger partial charge in [-0.15, -0.1) is 0 Å². The molecule has 1 aliphatic rings. The van der Waals surface area contributed by atoms with E-state index < -0.39 is 0 Å². The molecule has 1 atom stereocenters. The molecular weight excluding hydrogens is 236 g/mol. The van der Waals surface area contributed by atoms with E-state index in [1.807, 2.05) is 36.4 Å². The number of fused-ring (bicyclic) bond motifs is 1. The monoisotopic (exact) mass is 254 g/mol. The van der Waals surface area contributed by atoms with Crippen LogP contribution in [0.2, 0.25) is 0 Å². The van der Waals surface area contributed by atoms with Crippen LogP contribution in [0.3, 0.4) is 0 Å². The predicted octanol–water partition coefficient (Wildman–Crippen LogP) is 3.29. The summed E-state index contributed by atoms with van der Waals surface area (Å²) in [6.45, 7) is 0.797. The van der Waals surface area contributed by atoms with Crippen molar-refractivity contribution in [2.75, 3.05) is 6.61 Å². The van der Waals surface area contributed by atoms with E-state index in [0.717, 1.165) is 37.2 Å². The standard InChI is InChI=1S/C17H18O2/c18-16(14-4-2-1-3-5-14)8-6-13-7-9-17-15(12-13)10-11-19-17/h1-5,7,9,12,16,18H,6,8,10-11H2. The third-order valence-corrected chi connectivity index (χ3v) is 3.64. The maximum Gasteiger partial charge on any atom is 0.122 e. The third kappa shape index (κ3) is 2.79. The van der Waals surface area contributed by atoms with Gasteiger partial charge in [-0.1, -0.05) is 42.5 Å². The van der Waals surface area contributed by atoms with Crippen molar-refractivity contribution in [3.8, 4) is 5.75 Å². The van der Waals surface area contributed by atoms with Crippen molar-refractivity contribution in [2.45, 2.75) is 25.4 Å². The van der Waals surface area contributed by atoms with Gasteiger partial charge in [0, 0.05) is 6.42 Å². The van der Waals surface area contributed by atoms with E-state index in [9.17, 15) is 5.11 Å². The molecule has 0 bridgehead atoms. The van der Waals surface area contributed by atoms with E-state index in [2.05, 4.69) is 12.1 Å². The summed E-state index contributed by atoms with van der Waals surface area (Å²) in [6.07, 6.45) is 2.27. The Kier molecular flexibility index (Phi) is 3.51. The molecule has 0 saturated carbocycles. The lowest BCUT2D eigenvalue weighted by molar-refractivity contribution is 0.168. The second-order valence-corrected chi connectivity index (χ2v) is 5.01. The summed E-state index contributed by atoms with van der Waals surface area (Å²) in [5.41, 5.74) is 3.57. The molecule has 0 aromatic heterocycles. The first-order chi connectivity index (χ1) is 9.33. The van der Waals surface area contributed by atoms with Gasteiger partial charge in [-0.25, -0.2) is 0 Å². The van der Waals surface area contributed by atoms with Crippen LogP contribution in [-0.4, -0.2) is 11.7 Å². The molecular formula is C17H18O2. The lowest BCUT2D eigenvalue weighted by atomic mass is 10.00. The molecule has 19 heavy (non-hydrogen) atoms. The van der Waals surface area contributed by atoms with Crippen molar-refractivity contribution >= 4 is 0 Å². The minimum absolute atomic E-state index is 0.384. The number of aliphatic hydroxyl groups is 1. The third-order valence-electron chi connectivity index (χ3n) is 3.64. The van der Waals surface area contributed by atoms with E-state index >= 15 is 0 Å². The van der Waals surface area contributed by atoms with Crippen LogP contribution in [0.15, 0.2) is 48.5 Å². The second-order valence-electron chi connectivity index (χ2n) is 5.01. The molecule has 2 heteroatoms. The van der Waals surface area contributed by atoms with Crippen LogP contribution in [0.5, 0.6) is 5.75 Å². The number of hydrogen-bond donors (Lipinski definition) is 1. The van der Waals surface area contributed by atoms with E-state index in [1.54, 1.807) is 0 Å². The number of ether oxygens (including phenoxy) is 1. The van der Waals surface area contributed by atoms with Crippen molar-refractivity contribution in [3.63, 3.8) is 0 Å². The summed E-state index contributed by atoms with van der Waals surface area (Å²) in [7, 11) is 0. The van der Waals surface area contributed by atoms with Gasteiger partial charge in [0.15, 0.2) is 0 Å². The van der Waals surface area contributed by atoms with Gasteiger partial charge < -0.3 is 9.84 Å². The molecule has 1 heterocycles. The number of hydrogen-bond acceptors (Lipinski definition) is 2. The Morgan fingerprint density at radius 2 is 1.95 bits per heavy atom. The molecule has 2 aromatic carbocycles. The summed E-state index contributed by atoms with van der Waals surface area (Å²) in [5.74, 6) is 1.02. The number of rotatable bonds is 4. The summed E-state index contributed by atoms with van der Waals surface area (Å²) in [5, 5.41) is 10.2. The molecule has 98 valence electrons. The van der Waals surface area contributed by atoms with Crippen LogP contribution in [0, 0.1) is 0 Å². The van der Waals surface area contributed by atoms with Gasteiger partial charge in [0.2, 0.25) is 0 Å². The summed E-state index contributed by atoms with van der Waals surface area (Å²) >= 11 is 0. The van der Waals surface area contributed by atoms with E-state index in [1.165, 1.54) is 11.1 Å². The van der Waals surface area contributed by atoms with Crippen LogP contribution in [0.4, 0.5) is 0 Å². The molecule has 0 spiro atoms. The smallest absolute Gasteiger partial charge is 0.122 e. The lowest BCUT2D eigenvalue weighted by Gasteiger charge is -2.11. The number of aryl methyl sites for hydroxylation is 1. The van der Waals surface area contributed by atoms with E-state index in [4.69, 9.17) is 4.74 Å². The average Bonchev–Trinajstić information content (AvgIpc) is 2.93. The molecule has 1 aliphatic heterocycles. The minimum atomic E-state index is -0.384. The normalized spacial score (nSPS) is 14.8. The Balaban J connectivity index is 1.63. The molecule has 0 aliphatic carbocycles. The fourth-order valence-corrected chi connectivity index (χ4v) is 2.54. The summed E-state index contributed by atoms with van der Waals surface area (Å²) in [6, 6.07) is 16.2. The van der Waals surface area contributed by atoms with Crippen molar-refractivity contribution in [2.24, 2.45) is 0 Å². The lowest BCUT2D eigenvalue weighted by Crippen LogP contribution is -1.99. The topological polar surface area (TPSA) is 29.5 Å². The molecule has 0 saturated heterocycles. The zero-order valence-corrected chi connectivity index (χ0v) is 10.9. The first-order valence-corrected chi connectivity index (χ1v) is 6.80. The average molecular weight is 254 g/mol. The highest BCUT2D eigenvalue weighted by Crippen LogP contribution is 2.27. The van der Waals surface area contributed by atoms with Crippen LogP contribution in [0.25, 0.3) is 0 Å². The first kappa shape index (κ1) is 12.2. The quantitative estimate of drug-likeness (QED) is 0.907. The Morgan fingerprint density at radius 3 is 2.79 bits per heavy atom. The van der Waals surface area contributed by atoms with E-state index in [0.29, 0.717) is 0 Å². The molecule has 0 fully saturated rings. The molecule has 2 nitrogen and oxygen atoms in total. The van der Waals surface area contributed by atoms with Crippen LogP contribution < -0.4 is 4.74 Å². The number of aliphatic hydroxyl groups excluding tert-OH is 1. The second kappa shape index (κ2) is 5.45. The summed E-state index contributed by atoms with van der Waals surface area (Å²) < 4.78 is 5.50. The summed E-state index contributed by atoms with van der Waals surface area (Å²) in [4.78, 5) is 0. The molecule has 3 rings (SSSR count). The fourth-order valence-electron chi connectivity index (χ4n) is 2.54. The zero-order valence-electron chi connectivity index (χ0n) is 10.9. The van der Waals surface area contributed by atoms with Gasteiger partial charge in [-0.2, -0.15) is 0 Å². The maximum atomic E-state index is 10.2. The van der Waals surface area contributed by atoms with Gasteiger partial charge >= 0.3 is 0 Å². The Bertz CT molecular complexity index is 548. The van der Waals surface area contributed by atoms with Crippen molar-refractivity contribution in [3.05, 3.63) is 65.2 Å². The highest BCUT2D eigenvalue weighted by Gasteiger charge is 2.13. The van der Waals surface area contributed by atoms with Crippen LogP contribution >= 0.6 is 0 Å². The molecule has 2 aromatic rings. The highest BCUT2D eigenvalue weighted by molar-refractivity contribution is 5.39. The van der Waals surface area contributed by atoms with Crippen molar-refractivity contribution in [1.82, 2.24) is 0 Å². The zero-order chi connectivity index (χ0) is 13.1. The SMILES string of the molecule is OC(CCc1ccc2c(c1)CCO2)c1ccccc1. The van der Waals surface area contributed by atoms with Crippen LogP contribution in [0.1, 0.15) is 29.2 Å². The molecule has 1 unspecified atom stereocenters. The maximum absolute atomic E-state index is 10.2. The van der Waals surface area contributed by atoms with Gasteiger partial charge in [-0.05, 0) is 35.6 Å². The Morgan fingerprint density at radius 1 is 1.11 bits per heavy atom. The van der Waals surface area contributed by atoms with Gasteiger partial charge in [0.1, 0.15) is 5.75 Å². The van der Waals surface area contributed by atoms with Gasteiger partial charge in [0.05, 0.1) is 12.7 Å². The minimum Gasteiger partial charge on any atom is -0.493 e. The first-order valence-electron chi connectivity index (χ1n) is 6.80. The Labute approximate surface area is 113 Å². The predicted molar refractivity (Wildman–Crippen MR) is 75.4 cm³/mol. The van der Waals surface area contributed by atoms with E-state index in [-0.39, 0.29) is 6.10 Å². The molecule has 0 amide bonds. The van der Waals surface area contributed by atoms with Gasteiger partial charge in [0.25, 0.3) is 0 Å². The van der Waals surface area contributed by atoms with Gasteiger partial charge in [-0.3, -0.25) is 0 Å².